The van der Waals surface area contributed by atoms with E-state index in [0.717, 1.165) is 42.7 Å². The molecule has 0 spiro atoms. The van der Waals surface area contributed by atoms with Gasteiger partial charge in [-0.1, -0.05) is 19.9 Å². The van der Waals surface area contributed by atoms with Crippen LogP contribution in [-0.2, 0) is 6.42 Å². The Morgan fingerprint density at radius 1 is 1.35 bits per heavy atom. The quantitative estimate of drug-likeness (QED) is 0.839. The van der Waals surface area contributed by atoms with Crippen LogP contribution in [0.2, 0.25) is 0 Å². The molecule has 0 bridgehead atoms. The fraction of sp³-hybridized carbons (Fsp3) is 0.632. The first-order valence-corrected chi connectivity index (χ1v) is 8.87. The molecule has 128 valence electrons. The van der Waals surface area contributed by atoms with Crippen LogP contribution in [0, 0.1) is 0 Å². The number of fused-ring (bicyclic) bond motifs is 1. The third-order valence-electron chi connectivity index (χ3n) is 4.40. The molecule has 1 aliphatic heterocycles. The van der Waals surface area contributed by atoms with E-state index >= 15 is 0 Å². The fourth-order valence-corrected chi connectivity index (χ4v) is 3.27. The average Bonchev–Trinajstić information content (AvgIpc) is 2.56. The van der Waals surface area contributed by atoms with E-state index in [0.29, 0.717) is 25.2 Å². The van der Waals surface area contributed by atoms with Crippen molar-refractivity contribution in [1.82, 2.24) is 10.2 Å². The Hall–Kier alpha value is -1.55. The zero-order chi connectivity index (χ0) is 16.8. The third kappa shape index (κ3) is 4.25. The summed E-state index contributed by atoms with van der Waals surface area (Å²) in [6, 6.07) is 6.61. The minimum absolute atomic E-state index is 0.0135. The zero-order valence-electron chi connectivity index (χ0n) is 14.9. The minimum atomic E-state index is 0.0135. The SMILES string of the molecule is CCCNC(=O)c1cccc2c1CC(N(CCC)C(C)C)CO2. The highest BCUT2D eigenvalue weighted by molar-refractivity contribution is 5.96. The molecule has 1 N–H and O–H groups in total. The van der Waals surface area contributed by atoms with Crippen molar-refractivity contribution >= 4 is 5.91 Å². The number of carbonyl (C=O) groups is 1. The van der Waals surface area contributed by atoms with Crippen molar-refractivity contribution in [3.8, 4) is 5.75 Å². The van der Waals surface area contributed by atoms with Gasteiger partial charge in [0.2, 0.25) is 0 Å². The van der Waals surface area contributed by atoms with E-state index in [2.05, 4.69) is 37.9 Å². The molecule has 1 heterocycles. The van der Waals surface area contributed by atoms with Gasteiger partial charge in [0.1, 0.15) is 12.4 Å². The van der Waals surface area contributed by atoms with E-state index in [1.54, 1.807) is 0 Å². The van der Waals surface area contributed by atoms with E-state index in [1.165, 1.54) is 0 Å². The number of nitrogens with one attached hydrogen (secondary N) is 1. The Morgan fingerprint density at radius 3 is 2.78 bits per heavy atom. The predicted octanol–water partition coefficient (Wildman–Crippen LogP) is 3.25. The van der Waals surface area contributed by atoms with Gasteiger partial charge in [-0.05, 0) is 51.8 Å². The lowest BCUT2D eigenvalue weighted by Gasteiger charge is -2.38. The number of ether oxygens (including phenoxy) is 1. The van der Waals surface area contributed by atoms with Gasteiger partial charge in [-0.3, -0.25) is 9.69 Å². The number of nitrogens with zero attached hydrogens (tertiary/aromatic N) is 1. The molecule has 4 nitrogen and oxygen atoms in total. The van der Waals surface area contributed by atoms with Crippen LogP contribution in [0.1, 0.15) is 56.5 Å². The van der Waals surface area contributed by atoms with Crippen molar-refractivity contribution in [2.45, 2.75) is 59.0 Å². The predicted molar refractivity (Wildman–Crippen MR) is 94.2 cm³/mol. The molecule has 0 fully saturated rings. The highest BCUT2D eigenvalue weighted by Gasteiger charge is 2.29. The highest BCUT2D eigenvalue weighted by Crippen LogP contribution is 2.30. The van der Waals surface area contributed by atoms with Crippen molar-refractivity contribution in [1.29, 1.82) is 0 Å². The van der Waals surface area contributed by atoms with Gasteiger partial charge in [0.05, 0.1) is 0 Å². The smallest absolute Gasteiger partial charge is 0.251 e. The van der Waals surface area contributed by atoms with Crippen molar-refractivity contribution in [2.75, 3.05) is 19.7 Å². The first-order chi connectivity index (χ1) is 11.1. The van der Waals surface area contributed by atoms with Gasteiger partial charge < -0.3 is 10.1 Å². The van der Waals surface area contributed by atoms with Gasteiger partial charge >= 0.3 is 0 Å². The molecule has 1 unspecified atom stereocenters. The Kier molecular flexibility index (Phi) is 6.46. The summed E-state index contributed by atoms with van der Waals surface area (Å²) in [6.07, 6.45) is 2.95. The second-order valence-electron chi connectivity index (χ2n) is 6.54. The van der Waals surface area contributed by atoms with Crippen LogP contribution in [0.3, 0.4) is 0 Å². The molecule has 4 heteroatoms. The molecule has 2 rings (SSSR count). The summed E-state index contributed by atoms with van der Waals surface area (Å²) in [5.74, 6) is 0.880. The summed E-state index contributed by atoms with van der Waals surface area (Å²) >= 11 is 0. The first kappa shape index (κ1) is 17.8. The van der Waals surface area contributed by atoms with Gasteiger partial charge in [-0.2, -0.15) is 0 Å². The summed E-state index contributed by atoms with van der Waals surface area (Å²) in [4.78, 5) is 14.9. The van der Waals surface area contributed by atoms with Crippen LogP contribution in [-0.4, -0.2) is 42.6 Å². The molecular formula is C19H30N2O2. The molecule has 1 aromatic rings. The summed E-state index contributed by atoms with van der Waals surface area (Å²) in [7, 11) is 0. The van der Waals surface area contributed by atoms with Gasteiger partial charge in [0.25, 0.3) is 5.91 Å². The average molecular weight is 318 g/mol. The highest BCUT2D eigenvalue weighted by atomic mass is 16.5. The van der Waals surface area contributed by atoms with Crippen molar-refractivity contribution in [3.05, 3.63) is 29.3 Å². The lowest BCUT2D eigenvalue weighted by molar-refractivity contribution is 0.0892. The summed E-state index contributed by atoms with van der Waals surface area (Å²) in [5.41, 5.74) is 1.82. The van der Waals surface area contributed by atoms with E-state index in [-0.39, 0.29) is 5.91 Å². The van der Waals surface area contributed by atoms with E-state index in [1.807, 2.05) is 18.2 Å². The van der Waals surface area contributed by atoms with Crippen LogP contribution in [0.5, 0.6) is 5.75 Å². The maximum Gasteiger partial charge on any atom is 0.251 e. The van der Waals surface area contributed by atoms with Gasteiger partial charge in [0, 0.05) is 29.8 Å². The molecule has 0 saturated carbocycles. The molecule has 1 atom stereocenters. The van der Waals surface area contributed by atoms with E-state index in [4.69, 9.17) is 4.74 Å². The third-order valence-corrected chi connectivity index (χ3v) is 4.40. The van der Waals surface area contributed by atoms with Crippen molar-refractivity contribution in [3.63, 3.8) is 0 Å². The second-order valence-corrected chi connectivity index (χ2v) is 6.54. The van der Waals surface area contributed by atoms with Crippen LogP contribution in [0.15, 0.2) is 18.2 Å². The fourth-order valence-electron chi connectivity index (χ4n) is 3.27. The van der Waals surface area contributed by atoms with Crippen LogP contribution >= 0.6 is 0 Å². The topological polar surface area (TPSA) is 41.6 Å². The van der Waals surface area contributed by atoms with Crippen molar-refractivity contribution < 1.29 is 9.53 Å². The molecule has 0 aromatic heterocycles. The lowest BCUT2D eigenvalue weighted by Crippen LogP contribution is -2.47. The van der Waals surface area contributed by atoms with Gasteiger partial charge in [-0.15, -0.1) is 0 Å². The van der Waals surface area contributed by atoms with Gasteiger partial charge in [0.15, 0.2) is 0 Å². The number of hydrogen-bond donors (Lipinski definition) is 1. The molecule has 23 heavy (non-hydrogen) atoms. The maximum absolute atomic E-state index is 12.4. The first-order valence-electron chi connectivity index (χ1n) is 8.87. The standard InChI is InChI=1S/C19H30N2O2/c1-5-10-20-19(22)16-8-7-9-18-17(16)12-15(13-23-18)21(11-6-2)14(3)4/h7-9,14-15H,5-6,10-13H2,1-4H3,(H,20,22). The number of rotatable bonds is 7. The Labute approximate surface area is 140 Å². The monoisotopic (exact) mass is 318 g/mol. The van der Waals surface area contributed by atoms with Crippen molar-refractivity contribution in [2.24, 2.45) is 0 Å². The second kappa shape index (κ2) is 8.34. The summed E-state index contributed by atoms with van der Waals surface area (Å²) < 4.78 is 5.99. The molecule has 0 aliphatic carbocycles. The van der Waals surface area contributed by atoms with Crippen LogP contribution in [0.4, 0.5) is 0 Å². The molecular weight excluding hydrogens is 288 g/mol. The number of carbonyl (C=O) groups excluding carboxylic acids is 1. The molecule has 1 aliphatic rings. The Bertz CT molecular complexity index is 528. The summed E-state index contributed by atoms with van der Waals surface area (Å²) in [6.45, 7) is 11.2. The van der Waals surface area contributed by atoms with Crippen LogP contribution < -0.4 is 10.1 Å². The van der Waals surface area contributed by atoms with E-state index in [9.17, 15) is 4.79 Å². The number of hydrogen-bond acceptors (Lipinski definition) is 3. The zero-order valence-corrected chi connectivity index (χ0v) is 14.9. The molecule has 1 aromatic carbocycles. The Balaban J connectivity index is 2.22. The molecule has 0 saturated heterocycles. The summed E-state index contributed by atoms with van der Waals surface area (Å²) in [5, 5.41) is 2.98. The largest absolute Gasteiger partial charge is 0.492 e. The Morgan fingerprint density at radius 2 is 2.13 bits per heavy atom. The van der Waals surface area contributed by atoms with E-state index < -0.39 is 0 Å². The number of benzene rings is 1. The lowest BCUT2D eigenvalue weighted by atomic mass is 9.95. The van der Waals surface area contributed by atoms with Crippen LogP contribution in [0.25, 0.3) is 0 Å². The molecule has 0 radical (unpaired) electrons. The van der Waals surface area contributed by atoms with Gasteiger partial charge in [-0.25, -0.2) is 0 Å². The number of amides is 1. The molecule has 1 amide bonds. The normalized spacial score (nSPS) is 17.0. The maximum atomic E-state index is 12.4. The minimum Gasteiger partial charge on any atom is -0.492 e.